The highest BCUT2D eigenvalue weighted by molar-refractivity contribution is 5.90. The van der Waals surface area contributed by atoms with Crippen LogP contribution in [-0.4, -0.2) is 12.6 Å². The Morgan fingerprint density at radius 1 is 0.962 bits per heavy atom. The predicted molar refractivity (Wildman–Crippen MR) is 108 cm³/mol. The van der Waals surface area contributed by atoms with E-state index in [0.29, 0.717) is 12.2 Å². The van der Waals surface area contributed by atoms with Crippen LogP contribution in [0.1, 0.15) is 74.5 Å². The fraction of sp³-hybridized carbons (Fsp3) is 0.458. The van der Waals surface area contributed by atoms with Crippen LogP contribution < -0.4 is 0 Å². The number of carbonyl (C=O) groups excluding carboxylic acids is 1. The zero-order chi connectivity index (χ0) is 19.1. The second-order valence-corrected chi connectivity index (χ2v) is 8.78. The molecule has 0 bridgehead atoms. The molecule has 1 aliphatic carbocycles. The number of benzene rings is 2. The Morgan fingerprint density at radius 2 is 1.50 bits per heavy atom. The molecule has 2 aromatic carbocycles. The molecule has 0 unspecified atom stereocenters. The molecule has 0 aromatic heterocycles. The highest BCUT2D eigenvalue weighted by Gasteiger charge is 2.37. The Balaban J connectivity index is 2.06. The summed E-state index contributed by atoms with van der Waals surface area (Å²) in [5.41, 5.74) is 7.66. The van der Waals surface area contributed by atoms with E-state index in [1.54, 1.807) is 0 Å². The van der Waals surface area contributed by atoms with Crippen molar-refractivity contribution in [3.8, 4) is 11.1 Å². The van der Waals surface area contributed by atoms with Gasteiger partial charge in [0.25, 0.3) is 0 Å². The Hall–Kier alpha value is -2.09. The third-order valence-electron chi connectivity index (χ3n) is 5.90. The van der Waals surface area contributed by atoms with E-state index in [2.05, 4.69) is 46.8 Å². The monoisotopic (exact) mass is 350 g/mol. The van der Waals surface area contributed by atoms with Gasteiger partial charge in [0.1, 0.15) is 0 Å². The van der Waals surface area contributed by atoms with Gasteiger partial charge in [0.15, 0.2) is 0 Å². The van der Waals surface area contributed by atoms with E-state index in [-0.39, 0.29) is 16.8 Å². The summed E-state index contributed by atoms with van der Waals surface area (Å²) in [7, 11) is 0. The molecule has 1 aliphatic rings. The molecule has 2 heteroatoms. The van der Waals surface area contributed by atoms with Crippen molar-refractivity contribution in [1.82, 2.24) is 0 Å². The molecular weight excluding hydrogens is 320 g/mol. The number of aryl methyl sites for hydroxylation is 1. The fourth-order valence-electron chi connectivity index (χ4n) is 4.03. The van der Waals surface area contributed by atoms with E-state index >= 15 is 0 Å². The molecule has 0 atom stereocenters. The molecule has 2 aromatic rings. The number of hydrogen-bond acceptors (Lipinski definition) is 2. The van der Waals surface area contributed by atoms with Crippen LogP contribution in [0, 0.1) is 6.92 Å². The molecule has 26 heavy (non-hydrogen) atoms. The lowest BCUT2D eigenvalue weighted by molar-refractivity contribution is 0.0526. The Morgan fingerprint density at radius 3 is 2.04 bits per heavy atom. The molecule has 0 heterocycles. The molecule has 0 saturated carbocycles. The van der Waals surface area contributed by atoms with E-state index in [4.69, 9.17) is 4.74 Å². The first-order chi connectivity index (χ1) is 12.2. The second-order valence-electron chi connectivity index (χ2n) is 8.78. The van der Waals surface area contributed by atoms with Gasteiger partial charge in [-0.1, -0.05) is 52.0 Å². The van der Waals surface area contributed by atoms with Gasteiger partial charge in [-0.3, -0.25) is 0 Å². The van der Waals surface area contributed by atoms with Gasteiger partial charge in [0.05, 0.1) is 12.2 Å². The number of ether oxygens (including phenoxy) is 1. The van der Waals surface area contributed by atoms with Crippen molar-refractivity contribution in [1.29, 1.82) is 0 Å². The molecule has 0 N–H and O–H groups in total. The lowest BCUT2D eigenvalue weighted by Gasteiger charge is -2.42. The molecular formula is C24H30O2. The van der Waals surface area contributed by atoms with Gasteiger partial charge < -0.3 is 4.74 Å². The summed E-state index contributed by atoms with van der Waals surface area (Å²) in [6.07, 6.45) is 2.43. The second kappa shape index (κ2) is 6.57. The minimum atomic E-state index is -0.260. The number of esters is 1. The first-order valence-corrected chi connectivity index (χ1v) is 9.59. The number of hydrogen-bond donors (Lipinski definition) is 0. The Bertz CT molecular complexity index is 826. The van der Waals surface area contributed by atoms with Crippen LogP contribution in [0.4, 0.5) is 0 Å². The maximum absolute atomic E-state index is 11.9. The maximum atomic E-state index is 11.9. The first kappa shape index (κ1) is 18.7. The van der Waals surface area contributed by atoms with Crippen molar-refractivity contribution in [2.75, 3.05) is 6.61 Å². The molecule has 0 amide bonds. The van der Waals surface area contributed by atoms with Crippen LogP contribution in [0.25, 0.3) is 11.1 Å². The minimum absolute atomic E-state index is 0.193. The quantitative estimate of drug-likeness (QED) is 0.617. The molecule has 3 rings (SSSR count). The highest BCUT2D eigenvalue weighted by atomic mass is 16.5. The van der Waals surface area contributed by atoms with Crippen molar-refractivity contribution < 1.29 is 9.53 Å². The van der Waals surface area contributed by atoms with Gasteiger partial charge in [-0.15, -0.1) is 0 Å². The van der Waals surface area contributed by atoms with Crippen molar-refractivity contribution in [2.45, 2.75) is 65.2 Å². The molecule has 138 valence electrons. The zero-order valence-electron chi connectivity index (χ0n) is 16.9. The highest BCUT2D eigenvalue weighted by Crippen LogP contribution is 2.47. The summed E-state index contributed by atoms with van der Waals surface area (Å²) in [5.74, 6) is -0.260. The van der Waals surface area contributed by atoms with Crippen LogP contribution in [0.3, 0.4) is 0 Å². The van der Waals surface area contributed by atoms with Crippen LogP contribution >= 0.6 is 0 Å². The Labute approximate surface area is 157 Å². The van der Waals surface area contributed by atoms with Gasteiger partial charge in [-0.05, 0) is 77.5 Å². The molecule has 2 nitrogen and oxygen atoms in total. The van der Waals surface area contributed by atoms with Gasteiger partial charge in [0, 0.05) is 0 Å². The predicted octanol–water partition coefficient (Wildman–Crippen LogP) is 6.19. The van der Waals surface area contributed by atoms with E-state index < -0.39 is 0 Å². The summed E-state index contributed by atoms with van der Waals surface area (Å²) in [5, 5.41) is 0. The maximum Gasteiger partial charge on any atom is 0.338 e. The summed E-state index contributed by atoms with van der Waals surface area (Å²) in [6, 6.07) is 12.5. The lowest BCUT2D eigenvalue weighted by atomic mass is 9.62. The Kier molecular flexibility index (Phi) is 4.72. The number of rotatable bonds is 3. The van der Waals surface area contributed by atoms with Crippen molar-refractivity contribution in [3.63, 3.8) is 0 Å². The zero-order valence-corrected chi connectivity index (χ0v) is 16.9. The topological polar surface area (TPSA) is 26.3 Å². The standard InChI is InChI=1S/C24H30O2/c1-7-26-22(25)18-10-8-17(9-11-18)19-15-21-20(14-16(19)2)23(3,4)12-13-24(21,5)6/h8-11,14-15H,7,12-13H2,1-6H3. The van der Waals surface area contributed by atoms with E-state index in [9.17, 15) is 4.79 Å². The van der Waals surface area contributed by atoms with Gasteiger partial charge in [-0.2, -0.15) is 0 Å². The molecule has 0 spiro atoms. The average molecular weight is 351 g/mol. The van der Waals surface area contributed by atoms with E-state index in [0.717, 1.165) is 5.56 Å². The summed E-state index contributed by atoms with van der Waals surface area (Å²) in [4.78, 5) is 11.9. The summed E-state index contributed by atoms with van der Waals surface area (Å²) in [6.45, 7) is 13.8. The summed E-state index contributed by atoms with van der Waals surface area (Å²) >= 11 is 0. The molecule has 0 fully saturated rings. The van der Waals surface area contributed by atoms with Crippen molar-refractivity contribution in [2.24, 2.45) is 0 Å². The smallest absolute Gasteiger partial charge is 0.338 e. The van der Waals surface area contributed by atoms with Gasteiger partial charge in [-0.25, -0.2) is 4.79 Å². The minimum Gasteiger partial charge on any atom is -0.462 e. The van der Waals surface area contributed by atoms with Crippen molar-refractivity contribution in [3.05, 3.63) is 58.7 Å². The number of carbonyl (C=O) groups is 1. The molecule has 0 saturated heterocycles. The van der Waals surface area contributed by atoms with Crippen molar-refractivity contribution >= 4 is 5.97 Å². The molecule has 0 aliphatic heterocycles. The average Bonchev–Trinajstić information content (AvgIpc) is 2.59. The summed E-state index contributed by atoms with van der Waals surface area (Å²) < 4.78 is 5.08. The first-order valence-electron chi connectivity index (χ1n) is 9.59. The lowest BCUT2D eigenvalue weighted by Crippen LogP contribution is -2.34. The third-order valence-corrected chi connectivity index (χ3v) is 5.90. The van der Waals surface area contributed by atoms with Gasteiger partial charge in [0.2, 0.25) is 0 Å². The van der Waals surface area contributed by atoms with Gasteiger partial charge >= 0.3 is 5.97 Å². The fourth-order valence-corrected chi connectivity index (χ4v) is 4.03. The van der Waals surface area contributed by atoms with Crippen LogP contribution in [-0.2, 0) is 15.6 Å². The largest absolute Gasteiger partial charge is 0.462 e. The third kappa shape index (κ3) is 3.30. The SMILES string of the molecule is CCOC(=O)c1ccc(-c2cc3c(cc2C)C(C)(C)CCC3(C)C)cc1. The van der Waals surface area contributed by atoms with Crippen LogP contribution in [0.2, 0.25) is 0 Å². The molecule has 0 radical (unpaired) electrons. The van der Waals surface area contributed by atoms with E-state index in [1.807, 2.05) is 31.2 Å². The van der Waals surface area contributed by atoms with E-state index in [1.165, 1.54) is 35.1 Å². The number of fused-ring (bicyclic) bond motifs is 1. The van der Waals surface area contributed by atoms with Crippen LogP contribution in [0.15, 0.2) is 36.4 Å². The normalized spacial score (nSPS) is 17.5. The van der Waals surface area contributed by atoms with Crippen LogP contribution in [0.5, 0.6) is 0 Å².